The fraction of sp³-hybridized carbons (Fsp3) is 0.600. The van der Waals surface area contributed by atoms with Crippen molar-refractivity contribution in [3.63, 3.8) is 0 Å². The van der Waals surface area contributed by atoms with E-state index in [1.807, 2.05) is 0 Å². The van der Waals surface area contributed by atoms with Crippen LogP contribution in [-0.4, -0.2) is 13.7 Å². The predicted octanol–water partition coefficient (Wildman–Crippen LogP) is 3.58. The maximum Gasteiger partial charge on any atom is 0.125 e. The average Bonchev–Trinajstić information content (AvgIpc) is 2.28. The molecule has 0 aliphatic rings. The Balaban J connectivity index is 3.19. The smallest absolute Gasteiger partial charge is 0.125 e. The Hall–Kier alpha value is -1.02. The molecule has 1 aromatic carbocycles. The van der Waals surface area contributed by atoms with Gasteiger partial charge in [-0.25, -0.2) is 0 Å². The first-order valence-electron chi connectivity index (χ1n) is 6.39. The zero-order valence-electron chi connectivity index (χ0n) is 11.7. The van der Waals surface area contributed by atoms with Gasteiger partial charge in [0, 0.05) is 0 Å². The van der Waals surface area contributed by atoms with Gasteiger partial charge in [0.15, 0.2) is 0 Å². The van der Waals surface area contributed by atoms with Crippen LogP contribution < -0.4 is 10.5 Å². The maximum absolute atomic E-state index is 5.63. The summed E-state index contributed by atoms with van der Waals surface area (Å²) < 4.78 is 5.51. The van der Waals surface area contributed by atoms with Crippen molar-refractivity contribution >= 4 is 0 Å². The van der Waals surface area contributed by atoms with Crippen LogP contribution in [-0.2, 0) is 0 Å². The summed E-state index contributed by atoms with van der Waals surface area (Å²) in [5.41, 5.74) is 9.52. The van der Waals surface area contributed by atoms with Crippen LogP contribution in [0.2, 0.25) is 0 Å². The molecule has 2 heteroatoms. The Bertz CT molecular complexity index is 371. The summed E-state index contributed by atoms with van der Waals surface area (Å²) >= 11 is 0. The Labute approximate surface area is 105 Å². The Morgan fingerprint density at radius 2 is 1.88 bits per heavy atom. The van der Waals surface area contributed by atoms with Crippen molar-refractivity contribution in [3.8, 4) is 5.75 Å². The molecule has 1 aromatic rings. The van der Waals surface area contributed by atoms with E-state index in [0.29, 0.717) is 11.8 Å². The summed E-state index contributed by atoms with van der Waals surface area (Å²) in [7, 11) is 1.75. The average molecular weight is 235 g/mol. The number of nitrogens with two attached hydrogens (primary N) is 1. The molecule has 0 saturated heterocycles. The minimum absolute atomic E-state index is 0.480. The summed E-state index contributed by atoms with van der Waals surface area (Å²) in [6.07, 6.45) is 1.03. The molecule has 2 nitrogen and oxygen atoms in total. The highest BCUT2D eigenvalue weighted by atomic mass is 16.5. The SMILES string of the molecule is COc1c(C)cc(C(C)CCN)cc1C(C)C. The van der Waals surface area contributed by atoms with Crippen LogP contribution in [0, 0.1) is 6.92 Å². The van der Waals surface area contributed by atoms with Crippen LogP contribution in [0.25, 0.3) is 0 Å². The summed E-state index contributed by atoms with van der Waals surface area (Å²) in [5.74, 6) is 2.03. The van der Waals surface area contributed by atoms with Crippen molar-refractivity contribution in [1.29, 1.82) is 0 Å². The zero-order chi connectivity index (χ0) is 13.0. The molecule has 0 aliphatic carbocycles. The highest BCUT2D eigenvalue weighted by molar-refractivity contribution is 5.46. The van der Waals surface area contributed by atoms with Crippen LogP contribution in [0.15, 0.2) is 12.1 Å². The van der Waals surface area contributed by atoms with E-state index in [1.54, 1.807) is 7.11 Å². The van der Waals surface area contributed by atoms with E-state index in [2.05, 4.69) is 39.8 Å². The van der Waals surface area contributed by atoms with E-state index in [1.165, 1.54) is 16.7 Å². The second-order valence-corrected chi connectivity index (χ2v) is 5.09. The van der Waals surface area contributed by atoms with Crippen molar-refractivity contribution in [3.05, 3.63) is 28.8 Å². The summed E-state index contributed by atoms with van der Waals surface area (Å²) in [5, 5.41) is 0. The van der Waals surface area contributed by atoms with E-state index >= 15 is 0 Å². The summed E-state index contributed by atoms with van der Waals surface area (Å²) in [6.45, 7) is 9.49. The normalized spacial score (nSPS) is 12.9. The van der Waals surface area contributed by atoms with Crippen LogP contribution in [0.4, 0.5) is 0 Å². The van der Waals surface area contributed by atoms with Crippen molar-refractivity contribution in [2.45, 2.75) is 46.0 Å². The lowest BCUT2D eigenvalue weighted by atomic mass is 9.90. The van der Waals surface area contributed by atoms with Crippen LogP contribution in [0.1, 0.15) is 55.7 Å². The highest BCUT2D eigenvalue weighted by Crippen LogP contribution is 2.33. The number of aryl methyl sites for hydroxylation is 1. The molecule has 96 valence electrons. The third-order valence-electron chi connectivity index (χ3n) is 3.32. The molecule has 0 heterocycles. The summed E-state index contributed by atoms with van der Waals surface area (Å²) in [6, 6.07) is 4.50. The van der Waals surface area contributed by atoms with Crippen molar-refractivity contribution in [2.75, 3.05) is 13.7 Å². The molecule has 2 N–H and O–H groups in total. The minimum atomic E-state index is 0.480. The van der Waals surface area contributed by atoms with Gasteiger partial charge in [-0.1, -0.05) is 32.9 Å². The van der Waals surface area contributed by atoms with Gasteiger partial charge < -0.3 is 10.5 Å². The number of rotatable bonds is 5. The number of hydrogen-bond acceptors (Lipinski definition) is 2. The molecule has 1 unspecified atom stereocenters. The molecule has 1 atom stereocenters. The van der Waals surface area contributed by atoms with Crippen molar-refractivity contribution in [1.82, 2.24) is 0 Å². The third kappa shape index (κ3) is 3.22. The predicted molar refractivity (Wildman–Crippen MR) is 73.9 cm³/mol. The van der Waals surface area contributed by atoms with Gasteiger partial charge in [-0.05, 0) is 48.4 Å². The van der Waals surface area contributed by atoms with E-state index in [0.717, 1.165) is 18.7 Å². The topological polar surface area (TPSA) is 35.2 Å². The van der Waals surface area contributed by atoms with Gasteiger partial charge in [-0.15, -0.1) is 0 Å². The lowest BCUT2D eigenvalue weighted by Crippen LogP contribution is -2.06. The van der Waals surface area contributed by atoms with E-state index < -0.39 is 0 Å². The van der Waals surface area contributed by atoms with Gasteiger partial charge in [-0.2, -0.15) is 0 Å². The molecule has 0 fully saturated rings. The molecule has 0 bridgehead atoms. The Kier molecular flexibility index (Phi) is 5.01. The van der Waals surface area contributed by atoms with Gasteiger partial charge in [0.2, 0.25) is 0 Å². The molecule has 1 rings (SSSR count). The first-order valence-corrected chi connectivity index (χ1v) is 6.39. The van der Waals surface area contributed by atoms with E-state index in [4.69, 9.17) is 10.5 Å². The fourth-order valence-corrected chi connectivity index (χ4v) is 2.24. The third-order valence-corrected chi connectivity index (χ3v) is 3.32. The standard InChI is InChI=1S/C15H25NO/c1-10(2)14-9-13(11(3)6-7-16)8-12(4)15(14)17-5/h8-11H,6-7,16H2,1-5H3. The molecule has 0 spiro atoms. The zero-order valence-corrected chi connectivity index (χ0v) is 11.7. The first-order chi connectivity index (χ1) is 8.01. The minimum Gasteiger partial charge on any atom is -0.496 e. The van der Waals surface area contributed by atoms with Gasteiger partial charge in [-0.3, -0.25) is 0 Å². The number of benzene rings is 1. The molecule has 0 aromatic heterocycles. The van der Waals surface area contributed by atoms with Gasteiger partial charge >= 0.3 is 0 Å². The second kappa shape index (κ2) is 6.06. The second-order valence-electron chi connectivity index (χ2n) is 5.09. The molecule has 0 radical (unpaired) electrons. The number of hydrogen-bond donors (Lipinski definition) is 1. The number of ether oxygens (including phenoxy) is 1. The molecule has 0 aliphatic heterocycles. The Morgan fingerprint density at radius 1 is 1.24 bits per heavy atom. The maximum atomic E-state index is 5.63. The van der Waals surface area contributed by atoms with Crippen LogP contribution >= 0.6 is 0 Å². The van der Waals surface area contributed by atoms with Crippen LogP contribution in [0.5, 0.6) is 5.75 Å². The largest absolute Gasteiger partial charge is 0.496 e. The van der Waals surface area contributed by atoms with E-state index in [9.17, 15) is 0 Å². The molecule has 17 heavy (non-hydrogen) atoms. The number of methoxy groups -OCH3 is 1. The highest BCUT2D eigenvalue weighted by Gasteiger charge is 2.14. The molecule has 0 amide bonds. The van der Waals surface area contributed by atoms with Crippen LogP contribution in [0.3, 0.4) is 0 Å². The Morgan fingerprint density at radius 3 is 2.35 bits per heavy atom. The molecule has 0 saturated carbocycles. The lowest BCUT2D eigenvalue weighted by Gasteiger charge is -2.19. The van der Waals surface area contributed by atoms with E-state index in [-0.39, 0.29) is 0 Å². The fourth-order valence-electron chi connectivity index (χ4n) is 2.24. The quantitative estimate of drug-likeness (QED) is 0.846. The van der Waals surface area contributed by atoms with Crippen molar-refractivity contribution < 1.29 is 4.74 Å². The van der Waals surface area contributed by atoms with Gasteiger partial charge in [0.1, 0.15) is 5.75 Å². The van der Waals surface area contributed by atoms with Crippen molar-refractivity contribution in [2.24, 2.45) is 5.73 Å². The molecular weight excluding hydrogens is 210 g/mol. The first kappa shape index (κ1) is 14.0. The molecular formula is C15H25NO. The van der Waals surface area contributed by atoms with Gasteiger partial charge in [0.25, 0.3) is 0 Å². The monoisotopic (exact) mass is 235 g/mol. The summed E-state index contributed by atoms with van der Waals surface area (Å²) in [4.78, 5) is 0. The lowest BCUT2D eigenvalue weighted by molar-refractivity contribution is 0.404. The van der Waals surface area contributed by atoms with Gasteiger partial charge in [0.05, 0.1) is 7.11 Å².